The summed E-state index contributed by atoms with van der Waals surface area (Å²) in [5.74, 6) is 1.49. The number of carbonyl (C=O) groups is 1. The second-order valence-corrected chi connectivity index (χ2v) is 7.63. The summed E-state index contributed by atoms with van der Waals surface area (Å²) in [6, 6.07) is 5.79. The molecule has 26 heavy (non-hydrogen) atoms. The molecule has 0 aromatic heterocycles. The van der Waals surface area contributed by atoms with E-state index >= 15 is 0 Å². The Morgan fingerprint density at radius 2 is 1.85 bits per heavy atom. The van der Waals surface area contributed by atoms with Crippen LogP contribution in [0.4, 0.5) is 0 Å². The Labute approximate surface area is 155 Å². The van der Waals surface area contributed by atoms with Crippen LogP contribution in [0.5, 0.6) is 11.5 Å². The molecule has 0 unspecified atom stereocenters. The first kappa shape index (κ1) is 17.6. The molecule has 142 valence electrons. The Morgan fingerprint density at radius 1 is 1.12 bits per heavy atom. The average Bonchev–Trinajstić information content (AvgIpc) is 3.08. The third-order valence-corrected chi connectivity index (χ3v) is 5.39. The van der Waals surface area contributed by atoms with E-state index in [1.54, 1.807) is 0 Å². The molecule has 0 aliphatic carbocycles. The standard InChI is InChI=1S/C20H28N2O4/c1-14-11-21(12-15(2)26-14)13-17-4-3-7-22(17)20(23)16-5-6-18-19(10-16)25-9-8-24-18/h5-6,10,14-15,17H,3-4,7-9,11-13H2,1-2H3/t14-,15-,17+/m1/s1. The molecule has 3 aliphatic heterocycles. The van der Waals surface area contributed by atoms with Gasteiger partial charge in [-0.25, -0.2) is 0 Å². The van der Waals surface area contributed by atoms with Gasteiger partial charge in [-0.1, -0.05) is 0 Å². The molecule has 4 rings (SSSR count). The molecule has 1 aromatic carbocycles. The second-order valence-electron chi connectivity index (χ2n) is 7.63. The van der Waals surface area contributed by atoms with Gasteiger partial charge < -0.3 is 19.1 Å². The summed E-state index contributed by atoms with van der Waals surface area (Å²) in [5, 5.41) is 0. The third kappa shape index (κ3) is 3.67. The van der Waals surface area contributed by atoms with Gasteiger partial charge in [-0.2, -0.15) is 0 Å². The number of amides is 1. The minimum absolute atomic E-state index is 0.0961. The molecule has 1 aromatic rings. The van der Waals surface area contributed by atoms with Gasteiger partial charge >= 0.3 is 0 Å². The number of benzene rings is 1. The highest BCUT2D eigenvalue weighted by molar-refractivity contribution is 5.95. The number of likely N-dealkylation sites (tertiary alicyclic amines) is 1. The number of carbonyl (C=O) groups excluding carboxylic acids is 1. The normalized spacial score (nSPS) is 29.0. The van der Waals surface area contributed by atoms with Crippen LogP contribution in [0.25, 0.3) is 0 Å². The lowest BCUT2D eigenvalue weighted by atomic mass is 10.1. The maximum absolute atomic E-state index is 13.1. The summed E-state index contributed by atoms with van der Waals surface area (Å²) < 4.78 is 17.0. The number of ether oxygens (including phenoxy) is 3. The van der Waals surface area contributed by atoms with Crippen molar-refractivity contribution in [3.63, 3.8) is 0 Å². The van der Waals surface area contributed by atoms with Crippen LogP contribution >= 0.6 is 0 Å². The van der Waals surface area contributed by atoms with Gasteiger partial charge in [0.05, 0.1) is 12.2 Å². The highest BCUT2D eigenvalue weighted by atomic mass is 16.6. The average molecular weight is 360 g/mol. The van der Waals surface area contributed by atoms with Crippen LogP contribution in [-0.4, -0.2) is 73.3 Å². The SMILES string of the molecule is C[C@@H]1CN(C[C@@H]2CCCN2C(=O)c2ccc3c(c2)OCCO3)C[C@@H](C)O1. The molecular formula is C20H28N2O4. The number of fused-ring (bicyclic) bond motifs is 1. The highest BCUT2D eigenvalue weighted by Gasteiger charge is 2.33. The molecule has 2 fully saturated rings. The van der Waals surface area contributed by atoms with E-state index in [1.165, 1.54) is 0 Å². The fraction of sp³-hybridized carbons (Fsp3) is 0.650. The molecule has 0 spiro atoms. The van der Waals surface area contributed by atoms with Crippen molar-refractivity contribution in [2.45, 2.75) is 44.9 Å². The fourth-order valence-electron chi connectivity index (χ4n) is 4.37. The first-order chi connectivity index (χ1) is 12.6. The minimum atomic E-state index is 0.0961. The Kier molecular flexibility index (Phi) is 5.05. The summed E-state index contributed by atoms with van der Waals surface area (Å²) >= 11 is 0. The zero-order valence-electron chi connectivity index (χ0n) is 15.6. The quantitative estimate of drug-likeness (QED) is 0.827. The van der Waals surface area contributed by atoms with Crippen LogP contribution in [-0.2, 0) is 4.74 Å². The molecule has 2 saturated heterocycles. The predicted octanol–water partition coefficient (Wildman–Crippen LogP) is 2.17. The summed E-state index contributed by atoms with van der Waals surface area (Å²) in [6.45, 7) is 8.96. The smallest absolute Gasteiger partial charge is 0.254 e. The number of rotatable bonds is 3. The second kappa shape index (κ2) is 7.45. The molecule has 3 atom stereocenters. The van der Waals surface area contributed by atoms with Crippen molar-refractivity contribution >= 4 is 5.91 Å². The molecular weight excluding hydrogens is 332 g/mol. The van der Waals surface area contributed by atoms with E-state index in [1.807, 2.05) is 23.1 Å². The number of nitrogens with zero attached hydrogens (tertiary/aromatic N) is 2. The van der Waals surface area contributed by atoms with Gasteiger partial charge in [0.15, 0.2) is 11.5 Å². The van der Waals surface area contributed by atoms with E-state index in [0.29, 0.717) is 24.5 Å². The number of hydrogen-bond acceptors (Lipinski definition) is 5. The Bertz CT molecular complexity index is 655. The molecule has 1 amide bonds. The van der Waals surface area contributed by atoms with Crippen LogP contribution in [0.2, 0.25) is 0 Å². The topological polar surface area (TPSA) is 51.2 Å². The lowest BCUT2D eigenvalue weighted by Gasteiger charge is -2.38. The maximum Gasteiger partial charge on any atom is 0.254 e. The monoisotopic (exact) mass is 360 g/mol. The van der Waals surface area contributed by atoms with Crippen LogP contribution in [0, 0.1) is 0 Å². The number of hydrogen-bond donors (Lipinski definition) is 0. The number of morpholine rings is 1. The van der Waals surface area contributed by atoms with Gasteiger partial charge in [-0.05, 0) is 44.9 Å². The van der Waals surface area contributed by atoms with Crippen LogP contribution in [0.3, 0.4) is 0 Å². The van der Waals surface area contributed by atoms with Crippen LogP contribution in [0.1, 0.15) is 37.0 Å². The molecule has 6 nitrogen and oxygen atoms in total. The summed E-state index contributed by atoms with van der Waals surface area (Å²) in [6.07, 6.45) is 2.64. The van der Waals surface area contributed by atoms with E-state index in [9.17, 15) is 4.79 Å². The minimum Gasteiger partial charge on any atom is -0.486 e. The fourth-order valence-corrected chi connectivity index (χ4v) is 4.37. The maximum atomic E-state index is 13.1. The van der Waals surface area contributed by atoms with Crippen molar-refractivity contribution in [3.05, 3.63) is 23.8 Å². The van der Waals surface area contributed by atoms with E-state index in [4.69, 9.17) is 14.2 Å². The van der Waals surface area contributed by atoms with E-state index in [0.717, 1.165) is 44.8 Å². The van der Waals surface area contributed by atoms with Gasteiger partial charge in [-0.15, -0.1) is 0 Å². The molecule has 3 aliphatic rings. The van der Waals surface area contributed by atoms with E-state index in [-0.39, 0.29) is 24.2 Å². The highest BCUT2D eigenvalue weighted by Crippen LogP contribution is 2.32. The van der Waals surface area contributed by atoms with Crippen molar-refractivity contribution in [3.8, 4) is 11.5 Å². The van der Waals surface area contributed by atoms with Gasteiger partial charge in [-0.3, -0.25) is 9.69 Å². The lowest BCUT2D eigenvalue weighted by Crippen LogP contribution is -2.50. The van der Waals surface area contributed by atoms with Crippen LogP contribution < -0.4 is 9.47 Å². The predicted molar refractivity (Wildman–Crippen MR) is 97.9 cm³/mol. The van der Waals surface area contributed by atoms with Gasteiger partial charge in [0.2, 0.25) is 0 Å². The summed E-state index contributed by atoms with van der Waals surface area (Å²) in [4.78, 5) is 17.6. The molecule has 3 heterocycles. The molecule has 0 saturated carbocycles. The van der Waals surface area contributed by atoms with E-state index in [2.05, 4.69) is 18.7 Å². The van der Waals surface area contributed by atoms with Crippen molar-refractivity contribution in [2.75, 3.05) is 39.4 Å². The van der Waals surface area contributed by atoms with Gasteiger partial charge in [0, 0.05) is 37.8 Å². The first-order valence-corrected chi connectivity index (χ1v) is 9.68. The third-order valence-electron chi connectivity index (χ3n) is 5.39. The molecule has 6 heteroatoms. The molecule has 0 N–H and O–H groups in total. The Hall–Kier alpha value is -1.79. The van der Waals surface area contributed by atoms with Crippen molar-refractivity contribution in [1.82, 2.24) is 9.80 Å². The first-order valence-electron chi connectivity index (χ1n) is 9.68. The zero-order valence-corrected chi connectivity index (χ0v) is 15.6. The van der Waals surface area contributed by atoms with Crippen molar-refractivity contribution in [1.29, 1.82) is 0 Å². The largest absolute Gasteiger partial charge is 0.486 e. The Morgan fingerprint density at radius 3 is 2.62 bits per heavy atom. The summed E-state index contributed by atoms with van der Waals surface area (Å²) in [7, 11) is 0. The van der Waals surface area contributed by atoms with E-state index < -0.39 is 0 Å². The summed E-state index contributed by atoms with van der Waals surface area (Å²) in [5.41, 5.74) is 0.685. The lowest BCUT2D eigenvalue weighted by molar-refractivity contribution is -0.0715. The van der Waals surface area contributed by atoms with Crippen LogP contribution in [0.15, 0.2) is 18.2 Å². The van der Waals surface area contributed by atoms with Crippen molar-refractivity contribution in [2.24, 2.45) is 0 Å². The van der Waals surface area contributed by atoms with Gasteiger partial charge in [0.1, 0.15) is 13.2 Å². The van der Waals surface area contributed by atoms with Crippen molar-refractivity contribution < 1.29 is 19.0 Å². The Balaban J connectivity index is 1.45. The zero-order chi connectivity index (χ0) is 18.1. The van der Waals surface area contributed by atoms with Gasteiger partial charge in [0.25, 0.3) is 5.91 Å². The molecule has 0 bridgehead atoms. The molecule has 0 radical (unpaired) electrons.